The molecule has 4 nitrogen and oxygen atoms in total. The van der Waals surface area contributed by atoms with Crippen LogP contribution < -0.4 is 4.74 Å². The molecule has 0 saturated carbocycles. The summed E-state index contributed by atoms with van der Waals surface area (Å²) < 4.78 is 10.6. The van der Waals surface area contributed by atoms with Crippen LogP contribution in [-0.2, 0) is 17.9 Å². The fourth-order valence-corrected chi connectivity index (χ4v) is 3.14. The molecular formula is C17H28N2O2. The van der Waals surface area contributed by atoms with Gasteiger partial charge in [0, 0.05) is 31.8 Å². The van der Waals surface area contributed by atoms with Crippen molar-refractivity contribution in [2.75, 3.05) is 41.4 Å². The van der Waals surface area contributed by atoms with E-state index in [0.29, 0.717) is 12.6 Å². The molecule has 1 aromatic carbocycles. The Morgan fingerprint density at radius 1 is 1.33 bits per heavy atom. The number of rotatable bonds is 7. The quantitative estimate of drug-likeness (QED) is 0.770. The number of hydrogen-bond acceptors (Lipinski definition) is 4. The van der Waals surface area contributed by atoms with Crippen LogP contribution in [-0.4, -0.2) is 57.2 Å². The van der Waals surface area contributed by atoms with E-state index in [2.05, 4.69) is 36.0 Å². The van der Waals surface area contributed by atoms with Crippen molar-refractivity contribution in [1.29, 1.82) is 0 Å². The molecule has 0 aromatic heterocycles. The summed E-state index contributed by atoms with van der Waals surface area (Å²) in [7, 11) is 7.85. The number of benzene rings is 1. The minimum atomic E-state index is 0.589. The molecule has 1 aliphatic heterocycles. The van der Waals surface area contributed by atoms with Crippen LogP contribution in [0.15, 0.2) is 18.2 Å². The van der Waals surface area contributed by atoms with Crippen LogP contribution in [0.4, 0.5) is 0 Å². The summed E-state index contributed by atoms with van der Waals surface area (Å²) in [5.41, 5.74) is 2.43. The predicted octanol–water partition coefficient (Wildman–Crippen LogP) is 2.37. The second-order valence-electron chi connectivity index (χ2n) is 6.05. The van der Waals surface area contributed by atoms with Crippen LogP contribution in [0.5, 0.6) is 5.75 Å². The molecule has 1 heterocycles. The first-order valence-corrected chi connectivity index (χ1v) is 7.67. The topological polar surface area (TPSA) is 24.9 Å². The van der Waals surface area contributed by atoms with Crippen molar-refractivity contribution in [2.24, 2.45) is 0 Å². The second-order valence-corrected chi connectivity index (χ2v) is 6.05. The minimum Gasteiger partial charge on any atom is -0.496 e. The van der Waals surface area contributed by atoms with Gasteiger partial charge >= 0.3 is 0 Å². The minimum absolute atomic E-state index is 0.589. The molecule has 0 radical (unpaired) electrons. The molecular weight excluding hydrogens is 264 g/mol. The van der Waals surface area contributed by atoms with Gasteiger partial charge in [-0.15, -0.1) is 0 Å². The molecule has 1 aliphatic rings. The molecule has 0 amide bonds. The Morgan fingerprint density at radius 2 is 2.14 bits per heavy atom. The first-order chi connectivity index (χ1) is 10.1. The lowest BCUT2D eigenvalue weighted by Gasteiger charge is -2.26. The van der Waals surface area contributed by atoms with Crippen molar-refractivity contribution in [1.82, 2.24) is 9.80 Å². The Bertz CT molecular complexity index is 450. The first kappa shape index (κ1) is 16.3. The zero-order valence-electron chi connectivity index (χ0n) is 13.8. The highest BCUT2D eigenvalue weighted by Gasteiger charge is 2.22. The second kappa shape index (κ2) is 7.78. The molecule has 1 fully saturated rings. The van der Waals surface area contributed by atoms with Gasteiger partial charge in [-0.1, -0.05) is 6.07 Å². The van der Waals surface area contributed by atoms with Gasteiger partial charge in [0.15, 0.2) is 0 Å². The van der Waals surface area contributed by atoms with Gasteiger partial charge in [-0.05, 0) is 51.2 Å². The van der Waals surface area contributed by atoms with E-state index in [9.17, 15) is 0 Å². The van der Waals surface area contributed by atoms with Gasteiger partial charge in [-0.25, -0.2) is 0 Å². The lowest BCUT2D eigenvalue weighted by molar-refractivity contribution is 0.181. The molecule has 0 aliphatic carbocycles. The lowest BCUT2D eigenvalue weighted by Crippen LogP contribution is -2.36. The Labute approximate surface area is 128 Å². The summed E-state index contributed by atoms with van der Waals surface area (Å²) in [6.07, 6.45) is 2.65. The van der Waals surface area contributed by atoms with Crippen LogP contribution in [0, 0.1) is 0 Å². The van der Waals surface area contributed by atoms with Crippen molar-refractivity contribution < 1.29 is 9.47 Å². The maximum Gasteiger partial charge on any atom is 0.124 e. The van der Waals surface area contributed by atoms with E-state index in [1.165, 1.54) is 24.9 Å². The third kappa shape index (κ3) is 4.43. The highest BCUT2D eigenvalue weighted by molar-refractivity contribution is 5.36. The molecule has 0 spiro atoms. The number of likely N-dealkylation sites (tertiary alicyclic amines) is 1. The van der Waals surface area contributed by atoms with Gasteiger partial charge in [0.25, 0.3) is 0 Å². The fraction of sp³-hybridized carbons (Fsp3) is 0.647. The largest absolute Gasteiger partial charge is 0.496 e. The van der Waals surface area contributed by atoms with Gasteiger partial charge in [0.2, 0.25) is 0 Å². The van der Waals surface area contributed by atoms with E-state index in [1.54, 1.807) is 14.2 Å². The highest BCUT2D eigenvalue weighted by Crippen LogP contribution is 2.22. The maximum absolute atomic E-state index is 5.38. The van der Waals surface area contributed by atoms with Crippen LogP contribution in [0.2, 0.25) is 0 Å². The van der Waals surface area contributed by atoms with Gasteiger partial charge in [0.05, 0.1) is 13.7 Å². The zero-order valence-corrected chi connectivity index (χ0v) is 13.8. The van der Waals surface area contributed by atoms with E-state index in [0.717, 1.165) is 24.4 Å². The Morgan fingerprint density at radius 3 is 2.76 bits per heavy atom. The Balaban J connectivity index is 1.96. The molecule has 1 aromatic rings. The van der Waals surface area contributed by atoms with Crippen LogP contribution in [0.25, 0.3) is 0 Å². The van der Waals surface area contributed by atoms with E-state index < -0.39 is 0 Å². The molecule has 2 rings (SSSR count). The van der Waals surface area contributed by atoms with Crippen molar-refractivity contribution in [3.63, 3.8) is 0 Å². The standard InChI is InChI=1S/C17H28N2O2/c1-18(12-16-6-5-9-19(16)2)11-14-7-8-17(21-4)15(10-14)13-20-3/h7-8,10,16H,5-6,9,11-13H2,1-4H3. The Hall–Kier alpha value is -1.10. The fourth-order valence-electron chi connectivity index (χ4n) is 3.14. The van der Waals surface area contributed by atoms with Crippen molar-refractivity contribution in [3.05, 3.63) is 29.3 Å². The van der Waals surface area contributed by atoms with Gasteiger partial charge in [0.1, 0.15) is 5.75 Å². The molecule has 1 atom stereocenters. The molecule has 118 valence electrons. The summed E-state index contributed by atoms with van der Waals surface area (Å²) in [5, 5.41) is 0. The molecule has 1 unspecified atom stereocenters. The van der Waals surface area contributed by atoms with Crippen molar-refractivity contribution in [2.45, 2.75) is 32.0 Å². The molecule has 0 bridgehead atoms. The SMILES string of the molecule is COCc1cc(CN(C)CC2CCCN2C)ccc1OC. The van der Waals surface area contributed by atoms with Gasteiger partial charge in [-0.2, -0.15) is 0 Å². The summed E-state index contributed by atoms with van der Waals surface area (Å²) in [6, 6.07) is 7.08. The zero-order chi connectivity index (χ0) is 15.2. The maximum atomic E-state index is 5.38. The number of methoxy groups -OCH3 is 2. The normalized spacial score (nSPS) is 19.4. The van der Waals surface area contributed by atoms with Crippen molar-refractivity contribution in [3.8, 4) is 5.75 Å². The van der Waals surface area contributed by atoms with E-state index in [1.807, 2.05) is 6.07 Å². The monoisotopic (exact) mass is 292 g/mol. The molecule has 4 heteroatoms. The molecule has 0 N–H and O–H groups in total. The predicted molar refractivity (Wildman–Crippen MR) is 85.7 cm³/mol. The summed E-state index contributed by atoms with van der Waals surface area (Å²) >= 11 is 0. The summed E-state index contributed by atoms with van der Waals surface area (Å²) in [6.45, 7) is 3.91. The molecule has 1 saturated heterocycles. The Kier molecular flexibility index (Phi) is 6.03. The number of nitrogens with zero attached hydrogens (tertiary/aromatic N) is 2. The number of likely N-dealkylation sites (N-methyl/N-ethyl adjacent to an activating group) is 2. The van der Waals surface area contributed by atoms with Crippen LogP contribution in [0.1, 0.15) is 24.0 Å². The summed E-state index contributed by atoms with van der Waals surface area (Å²) in [4.78, 5) is 4.88. The third-order valence-corrected chi connectivity index (χ3v) is 4.29. The third-order valence-electron chi connectivity index (χ3n) is 4.29. The van der Waals surface area contributed by atoms with Crippen molar-refractivity contribution >= 4 is 0 Å². The lowest BCUT2D eigenvalue weighted by atomic mass is 10.1. The smallest absolute Gasteiger partial charge is 0.124 e. The average molecular weight is 292 g/mol. The summed E-state index contributed by atoms with van der Waals surface area (Å²) in [5.74, 6) is 0.902. The van der Waals surface area contributed by atoms with E-state index in [-0.39, 0.29) is 0 Å². The van der Waals surface area contributed by atoms with Crippen LogP contribution >= 0.6 is 0 Å². The number of hydrogen-bond donors (Lipinski definition) is 0. The van der Waals surface area contributed by atoms with Crippen LogP contribution in [0.3, 0.4) is 0 Å². The molecule has 21 heavy (non-hydrogen) atoms. The average Bonchev–Trinajstić information content (AvgIpc) is 2.85. The van der Waals surface area contributed by atoms with E-state index >= 15 is 0 Å². The number of ether oxygens (including phenoxy) is 2. The highest BCUT2D eigenvalue weighted by atomic mass is 16.5. The van der Waals surface area contributed by atoms with E-state index in [4.69, 9.17) is 9.47 Å². The van der Waals surface area contributed by atoms with Gasteiger partial charge < -0.3 is 19.3 Å². The van der Waals surface area contributed by atoms with Gasteiger partial charge in [-0.3, -0.25) is 0 Å². The first-order valence-electron chi connectivity index (χ1n) is 7.67.